The molecule has 0 spiro atoms. The molecule has 1 unspecified atom stereocenters. The third-order valence-corrected chi connectivity index (χ3v) is 16.4. The predicted octanol–water partition coefficient (Wildman–Crippen LogP) is 7.79. The fraction of sp³-hybridized carbons (Fsp3) is 0.867. The van der Waals surface area contributed by atoms with Gasteiger partial charge in [-0.05, 0) is 104 Å². The Balaban J connectivity index is 1.53. The van der Waals surface area contributed by atoms with Crippen molar-refractivity contribution in [1.29, 1.82) is 0 Å². The number of allylic oxidation sites excluding steroid dienone is 1. The normalized spacial score (nSPS) is 38.6. The van der Waals surface area contributed by atoms with Gasteiger partial charge in [0.25, 0.3) is 0 Å². The molecule has 3 fully saturated rings. The third-order valence-electron chi connectivity index (χ3n) is 11.8. The zero-order valence-corrected chi connectivity index (χ0v) is 25.8. The number of carboxylic acid groups (broad SMARTS) is 1. The molecule has 4 aliphatic carbocycles. The van der Waals surface area contributed by atoms with Crippen molar-refractivity contribution in [3.63, 3.8) is 0 Å². The van der Waals surface area contributed by atoms with E-state index in [1.807, 2.05) is 0 Å². The lowest BCUT2D eigenvalue weighted by molar-refractivity contribution is -0.157. The lowest BCUT2D eigenvalue weighted by Crippen LogP contribution is -2.52. The minimum absolute atomic E-state index is 0.0308. The van der Waals surface area contributed by atoms with Gasteiger partial charge in [0.15, 0.2) is 14.4 Å². The van der Waals surface area contributed by atoms with Gasteiger partial charge in [-0.15, -0.1) is 0 Å². The van der Waals surface area contributed by atoms with Gasteiger partial charge in [-0.1, -0.05) is 57.9 Å². The standard InChI is InChI=1S/C30H49ClO5Si/c1-28(2,3)37(6,7)36-20-12-14-29(4)19(16-20)8-9-21-23-10-11-24(30(23,5)15-13-25(21)29)22(17-26(32)33)27(34)35-18-31/h8,20-25H,9-18H2,1-7H3,(H,32,33)/t20-,21-,22?,23-,24+,25-,29-,30-/m0/s1. The van der Waals surface area contributed by atoms with Gasteiger partial charge in [0.05, 0.1) is 12.3 Å². The van der Waals surface area contributed by atoms with Crippen molar-refractivity contribution in [3.8, 4) is 0 Å². The Morgan fingerprint density at radius 1 is 1.14 bits per heavy atom. The van der Waals surface area contributed by atoms with Crippen molar-refractivity contribution in [1.82, 2.24) is 0 Å². The molecule has 0 aromatic rings. The average molecular weight is 553 g/mol. The average Bonchev–Trinajstić information content (AvgIpc) is 3.13. The third kappa shape index (κ3) is 5.20. The number of fused-ring (bicyclic) bond motifs is 5. The Labute approximate surface area is 230 Å². The smallest absolute Gasteiger partial charge is 0.311 e. The molecule has 5 nitrogen and oxygen atoms in total. The zero-order valence-electron chi connectivity index (χ0n) is 24.1. The van der Waals surface area contributed by atoms with Crippen LogP contribution in [0.1, 0.15) is 92.4 Å². The molecule has 37 heavy (non-hydrogen) atoms. The number of halogens is 1. The molecule has 8 atom stereocenters. The quantitative estimate of drug-likeness (QED) is 0.151. The number of rotatable bonds is 7. The molecule has 0 bridgehead atoms. The van der Waals surface area contributed by atoms with E-state index in [0.29, 0.717) is 23.9 Å². The Morgan fingerprint density at radius 2 is 1.84 bits per heavy atom. The first-order valence-electron chi connectivity index (χ1n) is 14.5. The van der Waals surface area contributed by atoms with Crippen LogP contribution < -0.4 is 0 Å². The van der Waals surface area contributed by atoms with Gasteiger partial charge >= 0.3 is 11.9 Å². The molecule has 0 amide bonds. The summed E-state index contributed by atoms with van der Waals surface area (Å²) in [5, 5.41) is 9.80. The fourth-order valence-corrected chi connectivity index (χ4v) is 10.3. The highest BCUT2D eigenvalue weighted by atomic mass is 35.5. The maximum absolute atomic E-state index is 12.8. The minimum atomic E-state index is -1.80. The summed E-state index contributed by atoms with van der Waals surface area (Å²) in [4.78, 5) is 24.5. The van der Waals surface area contributed by atoms with E-state index in [9.17, 15) is 14.7 Å². The first-order chi connectivity index (χ1) is 17.1. The SMILES string of the molecule is CC(C)(C)[Si](C)(C)O[C@H]1CC[C@@]2(C)C(=CC[C@H]3[C@@H]4CC[C@H](C(CC(=O)O)C(=O)OCCl)[C@@]4(C)CC[C@@H]32)C1. The van der Waals surface area contributed by atoms with Gasteiger partial charge in [-0.25, -0.2) is 0 Å². The number of carboxylic acids is 1. The van der Waals surface area contributed by atoms with E-state index in [2.05, 4.69) is 53.8 Å². The summed E-state index contributed by atoms with van der Waals surface area (Å²) in [6.07, 6.45) is 11.4. The van der Waals surface area contributed by atoms with E-state index in [1.54, 1.807) is 5.57 Å². The van der Waals surface area contributed by atoms with Crippen molar-refractivity contribution in [2.24, 2.45) is 40.4 Å². The van der Waals surface area contributed by atoms with Crippen molar-refractivity contribution >= 4 is 31.9 Å². The van der Waals surface area contributed by atoms with Crippen molar-refractivity contribution in [2.75, 3.05) is 6.07 Å². The molecular weight excluding hydrogens is 504 g/mol. The van der Waals surface area contributed by atoms with Gasteiger partial charge in [0, 0.05) is 6.10 Å². The van der Waals surface area contributed by atoms with Crippen LogP contribution in [-0.4, -0.2) is 37.5 Å². The summed E-state index contributed by atoms with van der Waals surface area (Å²) < 4.78 is 12.0. The van der Waals surface area contributed by atoms with Crippen LogP contribution in [0, 0.1) is 40.4 Å². The number of hydrogen-bond acceptors (Lipinski definition) is 4. The van der Waals surface area contributed by atoms with Crippen LogP contribution in [0.25, 0.3) is 0 Å². The molecule has 210 valence electrons. The van der Waals surface area contributed by atoms with E-state index >= 15 is 0 Å². The number of carbonyl (C=O) groups excluding carboxylic acids is 1. The molecule has 0 radical (unpaired) electrons. The van der Waals surface area contributed by atoms with Crippen LogP contribution in [0.2, 0.25) is 18.1 Å². The van der Waals surface area contributed by atoms with Gasteiger partial charge in [0.1, 0.15) is 0 Å². The van der Waals surface area contributed by atoms with Crippen LogP contribution in [0.15, 0.2) is 11.6 Å². The number of carbonyl (C=O) groups is 2. The monoisotopic (exact) mass is 552 g/mol. The van der Waals surface area contributed by atoms with Gasteiger partial charge in [0.2, 0.25) is 0 Å². The van der Waals surface area contributed by atoms with E-state index in [-0.39, 0.29) is 34.3 Å². The molecule has 0 heterocycles. The Hall–Kier alpha value is -0.853. The summed E-state index contributed by atoms with van der Waals surface area (Å²) in [6, 6.07) is -0.224. The Morgan fingerprint density at radius 3 is 2.46 bits per heavy atom. The van der Waals surface area contributed by atoms with E-state index in [4.69, 9.17) is 20.8 Å². The largest absolute Gasteiger partial charge is 0.481 e. The van der Waals surface area contributed by atoms with Crippen LogP contribution in [-0.2, 0) is 18.8 Å². The van der Waals surface area contributed by atoms with Crippen LogP contribution in [0.3, 0.4) is 0 Å². The number of aliphatic carboxylic acids is 1. The summed E-state index contributed by atoms with van der Waals surface area (Å²) in [5.41, 5.74) is 1.82. The highest BCUT2D eigenvalue weighted by Crippen LogP contribution is 2.67. The topological polar surface area (TPSA) is 72.8 Å². The lowest BCUT2D eigenvalue weighted by Gasteiger charge is -2.58. The summed E-state index contributed by atoms with van der Waals surface area (Å²) in [7, 11) is -1.80. The maximum atomic E-state index is 12.8. The molecule has 4 rings (SSSR count). The molecule has 0 aliphatic heterocycles. The zero-order chi connectivity index (χ0) is 27.4. The number of ether oxygens (including phenoxy) is 1. The van der Waals surface area contributed by atoms with E-state index in [1.165, 1.54) is 6.42 Å². The number of alkyl halides is 1. The van der Waals surface area contributed by atoms with Crippen molar-refractivity contribution in [3.05, 3.63) is 11.6 Å². The molecule has 7 heteroatoms. The second-order valence-corrected chi connectivity index (χ2v) is 19.5. The second kappa shape index (κ2) is 10.3. The molecule has 0 saturated heterocycles. The highest BCUT2D eigenvalue weighted by molar-refractivity contribution is 6.74. The Bertz CT molecular complexity index is 925. The molecule has 4 aliphatic rings. The Kier molecular flexibility index (Phi) is 8.09. The molecule has 1 N–H and O–H groups in total. The molecule has 3 saturated carbocycles. The number of esters is 1. The van der Waals surface area contributed by atoms with Crippen molar-refractivity contribution < 1.29 is 23.9 Å². The summed E-state index contributed by atoms with van der Waals surface area (Å²) in [6.45, 7) is 16.5. The van der Waals surface area contributed by atoms with E-state index < -0.39 is 26.2 Å². The van der Waals surface area contributed by atoms with Gasteiger partial charge in [-0.3, -0.25) is 9.59 Å². The summed E-state index contributed by atoms with van der Waals surface area (Å²) in [5.74, 6) is -0.174. The maximum Gasteiger partial charge on any atom is 0.311 e. The van der Waals surface area contributed by atoms with Crippen LogP contribution in [0.5, 0.6) is 0 Å². The van der Waals surface area contributed by atoms with Gasteiger partial charge < -0.3 is 14.3 Å². The molecular formula is C30H49ClO5Si. The van der Waals surface area contributed by atoms with Crippen LogP contribution in [0.4, 0.5) is 0 Å². The van der Waals surface area contributed by atoms with Gasteiger partial charge in [-0.2, -0.15) is 0 Å². The van der Waals surface area contributed by atoms with Crippen molar-refractivity contribution in [2.45, 2.75) is 117 Å². The summed E-state index contributed by atoms with van der Waals surface area (Å²) >= 11 is 5.69. The highest BCUT2D eigenvalue weighted by Gasteiger charge is 2.60. The second-order valence-electron chi connectivity index (χ2n) is 14.5. The molecule has 0 aromatic heterocycles. The predicted molar refractivity (Wildman–Crippen MR) is 150 cm³/mol. The lowest BCUT2D eigenvalue weighted by atomic mass is 9.47. The fourth-order valence-electron chi connectivity index (χ4n) is 8.76. The van der Waals surface area contributed by atoms with Crippen LogP contribution >= 0.6 is 11.6 Å². The first kappa shape index (κ1) is 29.1. The van der Waals surface area contributed by atoms with E-state index in [0.717, 1.165) is 44.9 Å². The number of hydrogen-bond donors (Lipinski definition) is 1. The molecule has 0 aromatic carbocycles. The minimum Gasteiger partial charge on any atom is -0.481 e. The first-order valence-corrected chi connectivity index (χ1v) is 17.9.